The summed E-state index contributed by atoms with van der Waals surface area (Å²) in [4.78, 5) is 38.9. The normalized spacial score (nSPS) is 21.5. The Hall–Kier alpha value is -3.15. The minimum atomic E-state index is -1.04. The Balaban J connectivity index is 1.56. The number of urea groups is 1. The predicted octanol–water partition coefficient (Wildman–Crippen LogP) is 2.41. The fourth-order valence-electron chi connectivity index (χ4n) is 3.82. The fraction of sp³-hybridized carbons (Fsp3) is 0.250. The van der Waals surface area contributed by atoms with E-state index in [4.69, 9.17) is 0 Å². The maximum atomic E-state index is 13.1. The monoisotopic (exact) mass is 349 g/mol. The summed E-state index contributed by atoms with van der Waals surface area (Å²) in [7, 11) is 0. The highest BCUT2D eigenvalue weighted by molar-refractivity contribution is 6.10. The Labute approximate surface area is 151 Å². The Morgan fingerprint density at radius 2 is 1.81 bits per heavy atom. The summed E-state index contributed by atoms with van der Waals surface area (Å²) in [6, 6.07) is 16.1. The molecule has 1 atom stereocenters. The zero-order valence-corrected chi connectivity index (χ0v) is 14.2. The lowest BCUT2D eigenvalue weighted by Gasteiger charge is -2.33. The molecule has 6 heteroatoms. The van der Waals surface area contributed by atoms with Crippen LogP contribution in [-0.2, 0) is 21.5 Å². The second-order valence-corrected chi connectivity index (χ2v) is 6.65. The molecule has 1 aliphatic carbocycles. The van der Waals surface area contributed by atoms with Crippen LogP contribution in [-0.4, -0.2) is 29.3 Å². The van der Waals surface area contributed by atoms with E-state index in [-0.39, 0.29) is 12.5 Å². The van der Waals surface area contributed by atoms with E-state index < -0.39 is 17.5 Å². The fourth-order valence-corrected chi connectivity index (χ4v) is 3.82. The summed E-state index contributed by atoms with van der Waals surface area (Å²) in [5, 5.41) is 5.56. The van der Waals surface area contributed by atoms with Crippen LogP contribution in [0.5, 0.6) is 0 Å². The number of fused-ring (bicyclic) bond motifs is 2. The van der Waals surface area contributed by atoms with E-state index in [1.54, 1.807) is 24.3 Å². The van der Waals surface area contributed by atoms with E-state index in [2.05, 4.69) is 10.6 Å². The quantitative estimate of drug-likeness (QED) is 0.835. The number of nitrogens with zero attached hydrogens (tertiary/aromatic N) is 1. The predicted molar refractivity (Wildman–Crippen MR) is 96.4 cm³/mol. The molecule has 4 amide bonds. The standard InChI is InChI=1S/C20H19N3O3/c24-17(21-15-9-2-1-3-10-15)13-23-18(25)20(22-19(23)26)12-6-8-14-7-4-5-11-16(14)20/h1-5,7,9-11H,6,8,12-13H2,(H,21,24)(H,22,26)/t20-/m0/s1. The molecule has 1 heterocycles. The number of anilines is 1. The SMILES string of the molecule is O=C(CN1C(=O)N[C@]2(CCCc3ccccc32)C1=O)Nc1ccccc1. The van der Waals surface area contributed by atoms with Gasteiger partial charge in [0.15, 0.2) is 0 Å². The van der Waals surface area contributed by atoms with Gasteiger partial charge in [-0.1, -0.05) is 42.5 Å². The van der Waals surface area contributed by atoms with E-state index in [0.29, 0.717) is 12.1 Å². The van der Waals surface area contributed by atoms with E-state index >= 15 is 0 Å². The molecule has 0 aromatic heterocycles. The molecule has 0 radical (unpaired) electrons. The highest BCUT2D eigenvalue weighted by atomic mass is 16.2. The minimum absolute atomic E-state index is 0.302. The molecule has 132 valence electrons. The number of amides is 4. The van der Waals surface area contributed by atoms with Gasteiger partial charge >= 0.3 is 6.03 Å². The lowest BCUT2D eigenvalue weighted by atomic mass is 9.76. The Kier molecular flexibility index (Phi) is 3.95. The molecule has 0 bridgehead atoms. The van der Waals surface area contributed by atoms with Crippen molar-refractivity contribution in [2.24, 2.45) is 0 Å². The number of rotatable bonds is 3. The lowest BCUT2D eigenvalue weighted by Crippen LogP contribution is -2.47. The van der Waals surface area contributed by atoms with Gasteiger partial charge in [-0.15, -0.1) is 0 Å². The number of carbonyl (C=O) groups excluding carboxylic acids is 3. The smallest absolute Gasteiger partial charge is 0.325 e. The van der Waals surface area contributed by atoms with Gasteiger partial charge in [-0.05, 0) is 42.5 Å². The molecule has 2 aromatic carbocycles. The molecule has 0 unspecified atom stereocenters. The molecular formula is C20H19N3O3. The molecular weight excluding hydrogens is 330 g/mol. The summed E-state index contributed by atoms with van der Waals surface area (Å²) in [6.45, 7) is -0.302. The molecule has 2 N–H and O–H groups in total. The van der Waals surface area contributed by atoms with E-state index in [1.165, 1.54) is 0 Å². The average molecular weight is 349 g/mol. The van der Waals surface area contributed by atoms with Crippen molar-refractivity contribution >= 4 is 23.5 Å². The van der Waals surface area contributed by atoms with Gasteiger partial charge in [0.25, 0.3) is 5.91 Å². The number of benzene rings is 2. The summed E-state index contributed by atoms with van der Waals surface area (Å²) in [5.41, 5.74) is 1.50. The van der Waals surface area contributed by atoms with Gasteiger partial charge < -0.3 is 10.6 Å². The Morgan fingerprint density at radius 3 is 2.62 bits per heavy atom. The number of para-hydroxylation sites is 1. The maximum absolute atomic E-state index is 13.1. The van der Waals surface area contributed by atoms with Gasteiger partial charge in [0.05, 0.1) is 0 Å². The van der Waals surface area contributed by atoms with Crippen LogP contribution >= 0.6 is 0 Å². The summed E-state index contributed by atoms with van der Waals surface area (Å²) >= 11 is 0. The van der Waals surface area contributed by atoms with Crippen molar-refractivity contribution in [2.45, 2.75) is 24.8 Å². The number of imide groups is 1. The number of nitrogens with one attached hydrogen (secondary N) is 2. The van der Waals surface area contributed by atoms with Crippen LogP contribution in [0.15, 0.2) is 54.6 Å². The number of carbonyl (C=O) groups is 3. The first-order valence-electron chi connectivity index (χ1n) is 8.67. The van der Waals surface area contributed by atoms with Gasteiger partial charge in [0, 0.05) is 5.69 Å². The molecule has 1 saturated heterocycles. The third kappa shape index (κ3) is 2.63. The second-order valence-electron chi connectivity index (χ2n) is 6.65. The van der Waals surface area contributed by atoms with Gasteiger partial charge in [0.1, 0.15) is 12.1 Å². The van der Waals surface area contributed by atoms with Crippen molar-refractivity contribution in [3.63, 3.8) is 0 Å². The third-order valence-corrected chi connectivity index (χ3v) is 5.01. The largest absolute Gasteiger partial charge is 0.325 e. The first-order valence-corrected chi connectivity index (χ1v) is 8.67. The third-order valence-electron chi connectivity index (χ3n) is 5.01. The molecule has 1 spiro atoms. The van der Waals surface area contributed by atoms with E-state index in [0.717, 1.165) is 28.9 Å². The van der Waals surface area contributed by atoms with Crippen molar-refractivity contribution in [3.8, 4) is 0 Å². The van der Waals surface area contributed by atoms with Crippen molar-refractivity contribution < 1.29 is 14.4 Å². The van der Waals surface area contributed by atoms with Crippen molar-refractivity contribution in [3.05, 3.63) is 65.7 Å². The number of aryl methyl sites for hydroxylation is 1. The topological polar surface area (TPSA) is 78.5 Å². The minimum Gasteiger partial charge on any atom is -0.325 e. The Bertz CT molecular complexity index is 881. The molecule has 1 fully saturated rings. The molecule has 4 rings (SSSR count). The second kappa shape index (κ2) is 6.29. The molecule has 2 aliphatic rings. The van der Waals surface area contributed by atoms with Gasteiger partial charge in [-0.3, -0.25) is 14.5 Å². The Morgan fingerprint density at radius 1 is 1.08 bits per heavy atom. The maximum Gasteiger partial charge on any atom is 0.325 e. The van der Waals surface area contributed by atoms with Crippen LogP contribution < -0.4 is 10.6 Å². The first-order chi connectivity index (χ1) is 12.6. The molecule has 6 nitrogen and oxygen atoms in total. The zero-order valence-electron chi connectivity index (χ0n) is 14.2. The summed E-state index contributed by atoms with van der Waals surface area (Å²) in [5.74, 6) is -0.751. The first kappa shape index (κ1) is 16.3. The van der Waals surface area contributed by atoms with Crippen LogP contribution in [0.2, 0.25) is 0 Å². The van der Waals surface area contributed by atoms with E-state index in [1.807, 2.05) is 30.3 Å². The number of hydrogen-bond acceptors (Lipinski definition) is 3. The van der Waals surface area contributed by atoms with Gasteiger partial charge in [-0.25, -0.2) is 4.79 Å². The number of hydrogen-bond donors (Lipinski definition) is 2. The summed E-state index contributed by atoms with van der Waals surface area (Å²) in [6.07, 6.45) is 2.24. The van der Waals surface area contributed by atoms with Crippen LogP contribution in [0, 0.1) is 0 Å². The average Bonchev–Trinajstić information content (AvgIpc) is 2.88. The van der Waals surface area contributed by atoms with Crippen LogP contribution in [0.25, 0.3) is 0 Å². The van der Waals surface area contributed by atoms with Gasteiger partial charge in [0.2, 0.25) is 5.91 Å². The molecule has 0 saturated carbocycles. The van der Waals surface area contributed by atoms with Crippen molar-refractivity contribution in [1.82, 2.24) is 10.2 Å². The lowest BCUT2D eigenvalue weighted by molar-refractivity contribution is -0.134. The highest BCUT2D eigenvalue weighted by Gasteiger charge is 2.54. The molecule has 26 heavy (non-hydrogen) atoms. The van der Waals surface area contributed by atoms with Crippen LogP contribution in [0.3, 0.4) is 0 Å². The zero-order chi connectivity index (χ0) is 18.1. The molecule has 2 aromatic rings. The van der Waals surface area contributed by atoms with Crippen molar-refractivity contribution in [2.75, 3.05) is 11.9 Å². The van der Waals surface area contributed by atoms with Crippen LogP contribution in [0.1, 0.15) is 24.0 Å². The molecule has 1 aliphatic heterocycles. The summed E-state index contributed by atoms with van der Waals surface area (Å²) < 4.78 is 0. The van der Waals surface area contributed by atoms with Gasteiger partial charge in [-0.2, -0.15) is 0 Å². The van der Waals surface area contributed by atoms with E-state index in [9.17, 15) is 14.4 Å². The highest BCUT2D eigenvalue weighted by Crippen LogP contribution is 2.39. The van der Waals surface area contributed by atoms with Crippen molar-refractivity contribution in [1.29, 1.82) is 0 Å². The van der Waals surface area contributed by atoms with Crippen LogP contribution in [0.4, 0.5) is 10.5 Å².